The van der Waals surface area contributed by atoms with E-state index in [0.29, 0.717) is 18.5 Å². The molecule has 72 valence electrons. The lowest BCUT2D eigenvalue weighted by Crippen LogP contribution is -2.05. The van der Waals surface area contributed by atoms with Gasteiger partial charge in [0.05, 0.1) is 5.69 Å². The van der Waals surface area contributed by atoms with Gasteiger partial charge in [0.25, 0.3) is 0 Å². The number of para-hydroxylation sites is 1. The number of aromatic nitrogens is 2. The Bertz CT molecular complexity index is 456. The van der Waals surface area contributed by atoms with Crippen LogP contribution in [-0.2, 0) is 6.42 Å². The van der Waals surface area contributed by atoms with E-state index in [4.69, 9.17) is 5.73 Å². The van der Waals surface area contributed by atoms with Crippen molar-refractivity contribution in [1.82, 2.24) is 9.97 Å². The van der Waals surface area contributed by atoms with Crippen LogP contribution in [0.3, 0.4) is 0 Å². The molecule has 2 aromatic rings. The zero-order chi connectivity index (χ0) is 9.97. The normalized spacial score (nSPS) is 10.7. The first kappa shape index (κ1) is 9.02. The van der Waals surface area contributed by atoms with E-state index < -0.39 is 0 Å². The summed E-state index contributed by atoms with van der Waals surface area (Å²) in [6.07, 6.45) is 2.01. The van der Waals surface area contributed by atoms with Crippen molar-refractivity contribution in [2.75, 3.05) is 6.54 Å². The van der Waals surface area contributed by atoms with E-state index in [2.05, 4.69) is 9.97 Å². The van der Waals surface area contributed by atoms with E-state index in [1.165, 1.54) is 12.4 Å². The van der Waals surface area contributed by atoms with Gasteiger partial charge in [0.1, 0.15) is 17.7 Å². The summed E-state index contributed by atoms with van der Waals surface area (Å²) >= 11 is 0. The first-order valence-corrected chi connectivity index (χ1v) is 4.41. The molecule has 0 saturated carbocycles. The molecule has 0 aliphatic heterocycles. The highest BCUT2D eigenvalue weighted by molar-refractivity contribution is 5.81. The lowest BCUT2D eigenvalue weighted by atomic mass is 10.1. The second-order valence-corrected chi connectivity index (χ2v) is 3.00. The quantitative estimate of drug-likeness (QED) is 0.777. The van der Waals surface area contributed by atoms with Gasteiger partial charge in [-0.3, -0.25) is 0 Å². The van der Waals surface area contributed by atoms with Crippen molar-refractivity contribution in [1.29, 1.82) is 0 Å². The molecule has 0 fully saturated rings. The molecule has 0 saturated heterocycles. The van der Waals surface area contributed by atoms with E-state index in [0.717, 1.165) is 11.1 Å². The molecule has 0 aliphatic carbocycles. The molecule has 4 heteroatoms. The summed E-state index contributed by atoms with van der Waals surface area (Å²) in [4.78, 5) is 7.98. The number of halogens is 1. The first-order chi connectivity index (χ1) is 6.83. The molecule has 0 bridgehead atoms. The number of nitrogens with two attached hydrogens (primary N) is 1. The van der Waals surface area contributed by atoms with Gasteiger partial charge in [0, 0.05) is 11.8 Å². The van der Waals surface area contributed by atoms with E-state index >= 15 is 0 Å². The molecule has 0 radical (unpaired) electrons. The number of hydrogen-bond acceptors (Lipinski definition) is 3. The molecule has 0 atom stereocenters. The minimum atomic E-state index is -0.317. The minimum Gasteiger partial charge on any atom is -0.330 e. The van der Waals surface area contributed by atoms with Crippen LogP contribution in [0.5, 0.6) is 0 Å². The minimum absolute atomic E-state index is 0.317. The summed E-state index contributed by atoms with van der Waals surface area (Å²) in [5.74, 6) is -0.317. The van der Waals surface area contributed by atoms with E-state index in [-0.39, 0.29) is 5.82 Å². The van der Waals surface area contributed by atoms with Crippen LogP contribution in [0.4, 0.5) is 4.39 Å². The smallest absolute Gasteiger partial charge is 0.149 e. The SMILES string of the molecule is NCCc1ncnc2c(F)cccc12. The molecular weight excluding hydrogens is 181 g/mol. The Hall–Kier alpha value is -1.55. The third-order valence-electron chi connectivity index (χ3n) is 2.08. The van der Waals surface area contributed by atoms with Crippen LogP contribution >= 0.6 is 0 Å². The summed E-state index contributed by atoms with van der Waals surface area (Å²) in [6.45, 7) is 0.503. The van der Waals surface area contributed by atoms with Crippen LogP contribution in [0.15, 0.2) is 24.5 Å². The van der Waals surface area contributed by atoms with Crippen molar-refractivity contribution < 1.29 is 4.39 Å². The molecule has 0 aliphatic rings. The summed E-state index contributed by atoms with van der Waals surface area (Å²) in [6, 6.07) is 4.85. The molecule has 1 aromatic heterocycles. The monoisotopic (exact) mass is 191 g/mol. The summed E-state index contributed by atoms with van der Waals surface area (Å²) in [7, 11) is 0. The first-order valence-electron chi connectivity index (χ1n) is 4.41. The highest BCUT2D eigenvalue weighted by atomic mass is 19.1. The van der Waals surface area contributed by atoms with E-state index in [9.17, 15) is 4.39 Å². The standard InChI is InChI=1S/C10H10FN3/c11-8-3-1-2-7-9(4-5-12)13-6-14-10(7)8/h1-3,6H,4-5,12H2. The van der Waals surface area contributed by atoms with Crippen molar-refractivity contribution in [3.63, 3.8) is 0 Å². The number of nitrogens with zero attached hydrogens (tertiary/aromatic N) is 2. The highest BCUT2D eigenvalue weighted by Crippen LogP contribution is 2.17. The molecule has 14 heavy (non-hydrogen) atoms. The highest BCUT2D eigenvalue weighted by Gasteiger charge is 2.05. The average Bonchev–Trinajstić information content (AvgIpc) is 2.20. The second-order valence-electron chi connectivity index (χ2n) is 3.00. The Kier molecular flexibility index (Phi) is 2.37. The molecule has 3 nitrogen and oxygen atoms in total. The third-order valence-corrected chi connectivity index (χ3v) is 2.08. The van der Waals surface area contributed by atoms with Gasteiger partial charge in [-0.05, 0) is 12.6 Å². The van der Waals surface area contributed by atoms with Gasteiger partial charge in [0.2, 0.25) is 0 Å². The zero-order valence-electron chi connectivity index (χ0n) is 7.57. The fraction of sp³-hybridized carbons (Fsp3) is 0.200. The van der Waals surface area contributed by atoms with Crippen LogP contribution in [0, 0.1) is 5.82 Å². The lowest BCUT2D eigenvalue weighted by molar-refractivity contribution is 0.636. The van der Waals surface area contributed by atoms with Crippen LogP contribution in [0.1, 0.15) is 5.69 Å². The second kappa shape index (κ2) is 3.67. The Balaban J connectivity index is 2.68. The van der Waals surface area contributed by atoms with Gasteiger partial charge in [-0.25, -0.2) is 14.4 Å². The third kappa shape index (κ3) is 1.44. The number of hydrogen-bond donors (Lipinski definition) is 1. The zero-order valence-corrected chi connectivity index (χ0v) is 7.57. The number of rotatable bonds is 2. The van der Waals surface area contributed by atoms with Crippen molar-refractivity contribution in [3.8, 4) is 0 Å². The molecular formula is C10H10FN3. The van der Waals surface area contributed by atoms with Gasteiger partial charge in [0.15, 0.2) is 0 Å². The van der Waals surface area contributed by atoms with Crippen molar-refractivity contribution in [2.45, 2.75) is 6.42 Å². The number of fused-ring (bicyclic) bond motifs is 1. The topological polar surface area (TPSA) is 51.8 Å². The largest absolute Gasteiger partial charge is 0.330 e. The van der Waals surface area contributed by atoms with E-state index in [1.807, 2.05) is 6.07 Å². The summed E-state index contributed by atoms with van der Waals surface area (Å²) < 4.78 is 13.3. The van der Waals surface area contributed by atoms with E-state index in [1.54, 1.807) is 6.07 Å². The van der Waals surface area contributed by atoms with Crippen molar-refractivity contribution >= 4 is 10.9 Å². The van der Waals surface area contributed by atoms with Crippen LogP contribution in [0.2, 0.25) is 0 Å². The molecule has 0 spiro atoms. The molecule has 0 amide bonds. The predicted octanol–water partition coefficient (Wildman–Crippen LogP) is 1.27. The van der Waals surface area contributed by atoms with Crippen LogP contribution in [0.25, 0.3) is 10.9 Å². The van der Waals surface area contributed by atoms with Crippen molar-refractivity contribution in [2.24, 2.45) is 5.73 Å². The maximum absolute atomic E-state index is 13.3. The van der Waals surface area contributed by atoms with Crippen LogP contribution < -0.4 is 5.73 Å². The van der Waals surface area contributed by atoms with Gasteiger partial charge >= 0.3 is 0 Å². The molecule has 1 heterocycles. The summed E-state index contributed by atoms with van der Waals surface area (Å²) in [5, 5.41) is 0.748. The molecule has 0 unspecified atom stereocenters. The van der Waals surface area contributed by atoms with Gasteiger partial charge in [-0.2, -0.15) is 0 Å². The van der Waals surface area contributed by atoms with Crippen LogP contribution in [-0.4, -0.2) is 16.5 Å². The maximum Gasteiger partial charge on any atom is 0.149 e. The Labute approximate surface area is 80.8 Å². The predicted molar refractivity (Wildman–Crippen MR) is 52.3 cm³/mol. The average molecular weight is 191 g/mol. The Morgan fingerprint density at radius 2 is 2.14 bits per heavy atom. The Morgan fingerprint density at radius 1 is 1.29 bits per heavy atom. The maximum atomic E-state index is 13.3. The Morgan fingerprint density at radius 3 is 2.93 bits per heavy atom. The fourth-order valence-electron chi connectivity index (χ4n) is 1.44. The lowest BCUT2D eigenvalue weighted by Gasteiger charge is -2.03. The van der Waals surface area contributed by atoms with Gasteiger partial charge in [-0.15, -0.1) is 0 Å². The molecule has 1 aromatic carbocycles. The number of benzene rings is 1. The summed E-state index contributed by atoms with van der Waals surface area (Å²) in [5.41, 5.74) is 6.60. The van der Waals surface area contributed by atoms with Gasteiger partial charge < -0.3 is 5.73 Å². The fourth-order valence-corrected chi connectivity index (χ4v) is 1.44. The molecule has 2 N–H and O–H groups in total. The van der Waals surface area contributed by atoms with Gasteiger partial charge in [-0.1, -0.05) is 12.1 Å². The van der Waals surface area contributed by atoms with Crippen molar-refractivity contribution in [3.05, 3.63) is 36.0 Å². The molecule has 2 rings (SSSR count).